The van der Waals surface area contributed by atoms with Crippen LogP contribution in [0.1, 0.15) is 17.3 Å². The quantitative estimate of drug-likeness (QED) is 0.713. The smallest absolute Gasteiger partial charge is 0.253 e. The second-order valence-electron chi connectivity index (χ2n) is 4.62. The predicted octanol–water partition coefficient (Wildman–Crippen LogP) is 0.522. The summed E-state index contributed by atoms with van der Waals surface area (Å²) < 4.78 is 37.8. The van der Waals surface area contributed by atoms with Crippen molar-refractivity contribution < 1.29 is 17.6 Å². The van der Waals surface area contributed by atoms with Crippen molar-refractivity contribution in [2.45, 2.75) is 6.92 Å². The summed E-state index contributed by atoms with van der Waals surface area (Å²) in [6.45, 7) is 2.57. The van der Waals surface area contributed by atoms with E-state index in [9.17, 15) is 17.6 Å². The molecule has 0 aromatic heterocycles. The van der Waals surface area contributed by atoms with E-state index in [-0.39, 0.29) is 17.2 Å². The first-order valence-corrected chi connectivity index (χ1v) is 7.87. The van der Waals surface area contributed by atoms with E-state index >= 15 is 0 Å². The maximum Gasteiger partial charge on any atom is 0.253 e. The van der Waals surface area contributed by atoms with Crippen molar-refractivity contribution in [2.24, 2.45) is 11.7 Å². The molecule has 0 aliphatic carbocycles. The molecule has 20 heavy (non-hydrogen) atoms. The van der Waals surface area contributed by atoms with E-state index in [1.807, 2.05) is 6.92 Å². The van der Waals surface area contributed by atoms with E-state index < -0.39 is 21.7 Å². The highest BCUT2D eigenvalue weighted by molar-refractivity contribution is 7.92. The zero-order valence-electron chi connectivity index (χ0n) is 11.3. The largest absolute Gasteiger partial charge is 0.352 e. The number of sulfonamides is 1. The van der Waals surface area contributed by atoms with Gasteiger partial charge in [-0.15, -0.1) is 0 Å². The van der Waals surface area contributed by atoms with E-state index in [0.29, 0.717) is 13.1 Å². The number of anilines is 1. The van der Waals surface area contributed by atoms with Gasteiger partial charge in [-0.2, -0.15) is 0 Å². The van der Waals surface area contributed by atoms with Crippen molar-refractivity contribution in [1.29, 1.82) is 0 Å². The van der Waals surface area contributed by atoms with Crippen LogP contribution < -0.4 is 15.8 Å². The van der Waals surface area contributed by atoms with Gasteiger partial charge in [-0.1, -0.05) is 6.92 Å². The highest BCUT2D eigenvalue weighted by Gasteiger charge is 2.15. The molecule has 112 valence electrons. The van der Waals surface area contributed by atoms with Crippen molar-refractivity contribution >= 4 is 21.6 Å². The number of carbonyl (C=O) groups is 1. The molecular weight excluding hydrogens is 285 g/mol. The SMILES string of the molecule is CC(CN)CNC(=O)c1cc(F)ccc1NS(C)(=O)=O. The molecule has 0 radical (unpaired) electrons. The predicted molar refractivity (Wildman–Crippen MR) is 75.4 cm³/mol. The molecule has 0 spiro atoms. The molecule has 1 atom stereocenters. The molecule has 0 fully saturated rings. The van der Waals surface area contributed by atoms with Gasteiger partial charge in [-0.3, -0.25) is 9.52 Å². The summed E-state index contributed by atoms with van der Waals surface area (Å²) in [5.41, 5.74) is 5.40. The zero-order chi connectivity index (χ0) is 15.3. The molecule has 4 N–H and O–H groups in total. The van der Waals surface area contributed by atoms with Gasteiger partial charge in [0.1, 0.15) is 5.82 Å². The van der Waals surface area contributed by atoms with E-state index in [0.717, 1.165) is 18.4 Å². The topological polar surface area (TPSA) is 101 Å². The maximum atomic E-state index is 13.2. The normalized spacial score (nSPS) is 12.8. The van der Waals surface area contributed by atoms with E-state index in [4.69, 9.17) is 5.73 Å². The van der Waals surface area contributed by atoms with Gasteiger partial charge in [0.2, 0.25) is 10.0 Å². The number of hydrogen-bond donors (Lipinski definition) is 3. The summed E-state index contributed by atoms with van der Waals surface area (Å²) in [7, 11) is -3.55. The van der Waals surface area contributed by atoms with Crippen LogP contribution in [0.5, 0.6) is 0 Å². The van der Waals surface area contributed by atoms with Gasteiger partial charge in [0, 0.05) is 6.54 Å². The van der Waals surface area contributed by atoms with E-state index in [1.165, 1.54) is 6.07 Å². The molecule has 1 amide bonds. The lowest BCUT2D eigenvalue weighted by atomic mass is 10.1. The highest BCUT2D eigenvalue weighted by atomic mass is 32.2. The molecule has 0 saturated heterocycles. The second kappa shape index (κ2) is 6.67. The first-order chi connectivity index (χ1) is 9.23. The summed E-state index contributed by atoms with van der Waals surface area (Å²) >= 11 is 0. The molecule has 0 aliphatic heterocycles. The number of amides is 1. The zero-order valence-corrected chi connectivity index (χ0v) is 12.1. The molecule has 6 nitrogen and oxygen atoms in total. The lowest BCUT2D eigenvalue weighted by Crippen LogP contribution is -2.32. The van der Waals surface area contributed by atoms with Crippen LogP contribution in [0.4, 0.5) is 10.1 Å². The maximum absolute atomic E-state index is 13.2. The fourth-order valence-electron chi connectivity index (χ4n) is 1.44. The Balaban J connectivity index is 2.97. The lowest BCUT2D eigenvalue weighted by Gasteiger charge is -2.13. The monoisotopic (exact) mass is 303 g/mol. The third kappa shape index (κ3) is 5.14. The average molecular weight is 303 g/mol. The summed E-state index contributed by atoms with van der Waals surface area (Å²) in [5, 5.41) is 2.58. The number of nitrogens with two attached hydrogens (primary N) is 1. The molecule has 8 heteroatoms. The van der Waals surface area contributed by atoms with Gasteiger partial charge in [0.25, 0.3) is 5.91 Å². The number of halogens is 1. The minimum Gasteiger partial charge on any atom is -0.352 e. The van der Waals surface area contributed by atoms with Gasteiger partial charge in [-0.05, 0) is 30.7 Å². The Labute approximate surface area is 117 Å². The Morgan fingerprint density at radius 2 is 2.10 bits per heavy atom. The van der Waals surface area contributed by atoms with Crippen molar-refractivity contribution in [3.05, 3.63) is 29.6 Å². The van der Waals surface area contributed by atoms with Gasteiger partial charge in [0.15, 0.2) is 0 Å². The molecule has 1 aromatic carbocycles. The van der Waals surface area contributed by atoms with Crippen LogP contribution in [0.25, 0.3) is 0 Å². The standard InChI is InChI=1S/C12H18FN3O3S/c1-8(6-14)7-15-12(17)10-5-9(13)3-4-11(10)16-20(2,18)19/h3-5,8,16H,6-7,14H2,1-2H3,(H,15,17). The second-order valence-corrected chi connectivity index (χ2v) is 6.36. The van der Waals surface area contributed by atoms with Crippen LogP contribution in [0.15, 0.2) is 18.2 Å². The van der Waals surface area contributed by atoms with E-state index in [1.54, 1.807) is 0 Å². The highest BCUT2D eigenvalue weighted by Crippen LogP contribution is 2.18. The fraction of sp³-hybridized carbons (Fsp3) is 0.417. The minimum atomic E-state index is -3.55. The number of rotatable bonds is 6. The first kappa shape index (κ1) is 16.4. The molecule has 0 heterocycles. The molecule has 1 aromatic rings. The molecule has 1 rings (SSSR count). The van der Waals surface area contributed by atoms with Crippen molar-refractivity contribution in [3.8, 4) is 0 Å². The van der Waals surface area contributed by atoms with Crippen molar-refractivity contribution in [2.75, 3.05) is 24.1 Å². The summed E-state index contributed by atoms with van der Waals surface area (Å²) in [6, 6.07) is 3.26. The molecule has 1 unspecified atom stereocenters. The number of nitrogens with one attached hydrogen (secondary N) is 2. The third-order valence-corrected chi connectivity index (χ3v) is 3.13. The molecule has 0 aliphatic rings. The summed E-state index contributed by atoms with van der Waals surface area (Å²) in [4.78, 5) is 12.0. The van der Waals surface area contributed by atoms with Gasteiger partial charge >= 0.3 is 0 Å². The Kier molecular flexibility index (Phi) is 5.46. The number of benzene rings is 1. The van der Waals surface area contributed by atoms with Crippen molar-refractivity contribution in [3.63, 3.8) is 0 Å². The fourth-order valence-corrected chi connectivity index (χ4v) is 2.02. The van der Waals surface area contributed by atoms with Gasteiger partial charge < -0.3 is 11.1 Å². The van der Waals surface area contributed by atoms with Gasteiger partial charge in [0.05, 0.1) is 17.5 Å². The number of hydrogen-bond acceptors (Lipinski definition) is 4. The molecule has 0 saturated carbocycles. The van der Waals surface area contributed by atoms with Gasteiger partial charge in [-0.25, -0.2) is 12.8 Å². The Morgan fingerprint density at radius 1 is 1.45 bits per heavy atom. The van der Waals surface area contributed by atoms with Crippen LogP contribution in [0.3, 0.4) is 0 Å². The Morgan fingerprint density at radius 3 is 2.65 bits per heavy atom. The lowest BCUT2D eigenvalue weighted by molar-refractivity contribution is 0.0949. The van der Waals surface area contributed by atoms with Crippen LogP contribution in [-0.4, -0.2) is 33.7 Å². The average Bonchev–Trinajstić information content (AvgIpc) is 2.36. The van der Waals surface area contributed by atoms with Crippen molar-refractivity contribution in [1.82, 2.24) is 5.32 Å². The third-order valence-electron chi connectivity index (χ3n) is 2.54. The summed E-state index contributed by atoms with van der Waals surface area (Å²) in [5.74, 6) is -1.11. The van der Waals surface area contributed by atoms with E-state index in [2.05, 4.69) is 10.0 Å². The minimum absolute atomic E-state index is 0.0341. The van der Waals surface area contributed by atoms with Crippen LogP contribution in [-0.2, 0) is 10.0 Å². The molecule has 0 bridgehead atoms. The van der Waals surface area contributed by atoms with Crippen LogP contribution in [0.2, 0.25) is 0 Å². The number of carbonyl (C=O) groups excluding carboxylic acids is 1. The summed E-state index contributed by atoms with van der Waals surface area (Å²) in [6.07, 6.45) is 0.953. The van der Waals surface area contributed by atoms with Crippen LogP contribution in [0, 0.1) is 11.7 Å². The van der Waals surface area contributed by atoms with Crippen LogP contribution >= 0.6 is 0 Å². The Hall–Kier alpha value is -1.67. The molecular formula is C12H18FN3O3S. The first-order valence-electron chi connectivity index (χ1n) is 5.98. The Bertz CT molecular complexity index is 590.